The summed E-state index contributed by atoms with van der Waals surface area (Å²) in [5, 5.41) is 3.49. The second-order valence-electron chi connectivity index (χ2n) is 5.30. The van der Waals surface area contributed by atoms with E-state index < -0.39 is 11.8 Å². The normalized spacial score (nSPS) is 15.8. The topological polar surface area (TPSA) is 49.4 Å². The van der Waals surface area contributed by atoms with Gasteiger partial charge in [-0.15, -0.1) is 0 Å². The molecule has 0 bridgehead atoms. The second-order valence-corrected chi connectivity index (χ2v) is 6.12. The first-order valence-electron chi connectivity index (χ1n) is 7.20. The number of halogens is 1. The fraction of sp³-hybridized carbons (Fsp3) is 0.0556. The third-order valence-electron chi connectivity index (χ3n) is 3.64. The number of carbonyl (C=O) groups is 2. The molecule has 0 aliphatic carbocycles. The van der Waals surface area contributed by atoms with Gasteiger partial charge < -0.3 is 5.32 Å². The fourth-order valence-corrected chi connectivity index (χ4v) is 2.78. The summed E-state index contributed by atoms with van der Waals surface area (Å²) >= 11 is 11.0. The summed E-state index contributed by atoms with van der Waals surface area (Å²) in [6, 6.07) is 14.1. The highest BCUT2D eigenvalue weighted by Crippen LogP contribution is 2.19. The molecule has 1 aliphatic heterocycles. The SMILES string of the molecule is Cc1ccccc1C(=O)N1C(=O)/C(=C/c2ccc(Cl)cc2)NC1=S. The molecule has 6 heteroatoms. The van der Waals surface area contributed by atoms with Gasteiger partial charge in [-0.05, 0) is 54.5 Å². The minimum atomic E-state index is -0.469. The van der Waals surface area contributed by atoms with Crippen molar-refractivity contribution in [3.8, 4) is 0 Å². The zero-order valence-corrected chi connectivity index (χ0v) is 14.3. The van der Waals surface area contributed by atoms with Crippen LogP contribution in [-0.2, 0) is 4.79 Å². The van der Waals surface area contributed by atoms with E-state index in [4.69, 9.17) is 23.8 Å². The Kier molecular flexibility index (Phi) is 4.46. The van der Waals surface area contributed by atoms with Crippen LogP contribution < -0.4 is 5.32 Å². The molecule has 0 atom stereocenters. The van der Waals surface area contributed by atoms with Gasteiger partial charge in [-0.3, -0.25) is 9.59 Å². The Hall–Kier alpha value is -2.50. The highest BCUT2D eigenvalue weighted by molar-refractivity contribution is 7.80. The average molecular weight is 357 g/mol. The van der Waals surface area contributed by atoms with Crippen molar-refractivity contribution in [2.45, 2.75) is 6.92 Å². The Morgan fingerprint density at radius 2 is 1.83 bits per heavy atom. The Labute approximate surface area is 149 Å². The van der Waals surface area contributed by atoms with Crippen LogP contribution in [0, 0.1) is 6.92 Å². The van der Waals surface area contributed by atoms with Crippen LogP contribution in [-0.4, -0.2) is 21.8 Å². The molecule has 2 aromatic carbocycles. The molecule has 1 aliphatic rings. The van der Waals surface area contributed by atoms with Crippen LogP contribution in [0.25, 0.3) is 6.08 Å². The molecule has 120 valence electrons. The number of thiocarbonyl (C=S) groups is 1. The molecular formula is C18H13ClN2O2S. The number of imide groups is 1. The average Bonchev–Trinajstić information content (AvgIpc) is 2.83. The first-order chi connectivity index (χ1) is 11.5. The Bertz CT molecular complexity index is 875. The molecule has 4 nitrogen and oxygen atoms in total. The van der Waals surface area contributed by atoms with E-state index in [0.717, 1.165) is 16.0 Å². The Balaban J connectivity index is 1.91. The van der Waals surface area contributed by atoms with Gasteiger partial charge in [0.25, 0.3) is 11.8 Å². The number of hydrogen-bond acceptors (Lipinski definition) is 3. The summed E-state index contributed by atoms with van der Waals surface area (Å²) < 4.78 is 0. The van der Waals surface area contributed by atoms with Gasteiger partial charge >= 0.3 is 0 Å². The molecule has 24 heavy (non-hydrogen) atoms. The lowest BCUT2D eigenvalue weighted by molar-refractivity contribution is -0.120. The van der Waals surface area contributed by atoms with Crippen LogP contribution in [0.1, 0.15) is 21.5 Å². The maximum absolute atomic E-state index is 12.7. The zero-order chi connectivity index (χ0) is 17.3. The van der Waals surface area contributed by atoms with E-state index in [2.05, 4.69) is 5.32 Å². The predicted molar refractivity (Wildman–Crippen MR) is 97.5 cm³/mol. The van der Waals surface area contributed by atoms with E-state index >= 15 is 0 Å². The fourth-order valence-electron chi connectivity index (χ4n) is 2.38. The minimum absolute atomic E-state index is 0.0773. The van der Waals surface area contributed by atoms with Gasteiger partial charge in [-0.1, -0.05) is 41.9 Å². The summed E-state index contributed by atoms with van der Waals surface area (Å²) in [6.45, 7) is 1.81. The van der Waals surface area contributed by atoms with Crippen molar-refractivity contribution < 1.29 is 9.59 Å². The molecule has 2 amide bonds. The van der Waals surface area contributed by atoms with Crippen LogP contribution in [0.4, 0.5) is 0 Å². The molecule has 0 aromatic heterocycles. The van der Waals surface area contributed by atoms with Crippen LogP contribution in [0.2, 0.25) is 5.02 Å². The number of aryl methyl sites for hydroxylation is 1. The first kappa shape index (κ1) is 16.4. The highest BCUT2D eigenvalue weighted by atomic mass is 35.5. The summed E-state index contributed by atoms with van der Waals surface area (Å²) in [4.78, 5) is 26.2. The van der Waals surface area contributed by atoms with Crippen molar-refractivity contribution in [3.63, 3.8) is 0 Å². The largest absolute Gasteiger partial charge is 0.327 e. The van der Waals surface area contributed by atoms with E-state index in [-0.39, 0.29) is 10.8 Å². The molecule has 1 N–H and O–H groups in total. The van der Waals surface area contributed by atoms with E-state index in [9.17, 15) is 9.59 Å². The lowest BCUT2D eigenvalue weighted by Gasteiger charge is -2.13. The molecule has 0 unspecified atom stereocenters. The summed E-state index contributed by atoms with van der Waals surface area (Å²) in [7, 11) is 0. The summed E-state index contributed by atoms with van der Waals surface area (Å²) in [6.07, 6.45) is 1.64. The molecule has 0 spiro atoms. The van der Waals surface area contributed by atoms with Crippen LogP contribution in [0.15, 0.2) is 54.2 Å². The monoisotopic (exact) mass is 356 g/mol. The standard InChI is InChI=1S/C18H13ClN2O2S/c1-11-4-2-3-5-14(11)16(22)21-17(23)15(20-18(21)24)10-12-6-8-13(19)9-7-12/h2-10H,1H3,(H,20,24)/b15-10-. The molecule has 3 rings (SSSR count). The molecule has 0 radical (unpaired) electrons. The van der Waals surface area contributed by atoms with Gasteiger partial charge in [-0.2, -0.15) is 0 Å². The number of nitrogens with one attached hydrogen (secondary N) is 1. The third-order valence-corrected chi connectivity index (χ3v) is 4.17. The molecule has 1 heterocycles. The van der Waals surface area contributed by atoms with Crippen LogP contribution in [0.5, 0.6) is 0 Å². The molecular weight excluding hydrogens is 344 g/mol. The quantitative estimate of drug-likeness (QED) is 0.508. The molecule has 1 saturated heterocycles. The first-order valence-corrected chi connectivity index (χ1v) is 7.98. The summed E-state index contributed by atoms with van der Waals surface area (Å²) in [5.74, 6) is -0.904. The van der Waals surface area contributed by atoms with Crippen molar-refractivity contribution in [1.29, 1.82) is 0 Å². The van der Waals surface area contributed by atoms with E-state index in [1.165, 1.54) is 0 Å². The molecule has 1 fully saturated rings. The van der Waals surface area contributed by atoms with Crippen molar-refractivity contribution >= 4 is 46.8 Å². The van der Waals surface area contributed by atoms with Crippen molar-refractivity contribution in [1.82, 2.24) is 10.2 Å². The Morgan fingerprint density at radius 3 is 2.50 bits per heavy atom. The molecule has 0 saturated carbocycles. The van der Waals surface area contributed by atoms with Crippen molar-refractivity contribution in [2.24, 2.45) is 0 Å². The van der Waals surface area contributed by atoms with E-state index in [1.807, 2.05) is 19.1 Å². The van der Waals surface area contributed by atoms with Gasteiger partial charge in [0, 0.05) is 10.6 Å². The number of nitrogens with zero attached hydrogens (tertiary/aromatic N) is 1. The van der Waals surface area contributed by atoms with Gasteiger partial charge in [0.05, 0.1) is 0 Å². The van der Waals surface area contributed by atoms with Crippen molar-refractivity contribution in [2.75, 3.05) is 0 Å². The van der Waals surface area contributed by atoms with E-state index in [0.29, 0.717) is 10.6 Å². The van der Waals surface area contributed by atoms with Gasteiger partial charge in [-0.25, -0.2) is 4.90 Å². The second kappa shape index (κ2) is 6.55. The Morgan fingerprint density at radius 1 is 1.17 bits per heavy atom. The van der Waals surface area contributed by atoms with Gasteiger partial charge in [0.1, 0.15) is 5.70 Å². The van der Waals surface area contributed by atoms with Crippen LogP contribution in [0.3, 0.4) is 0 Å². The lowest BCUT2D eigenvalue weighted by Crippen LogP contribution is -2.37. The van der Waals surface area contributed by atoms with Crippen molar-refractivity contribution in [3.05, 3.63) is 75.9 Å². The highest BCUT2D eigenvalue weighted by Gasteiger charge is 2.36. The number of carbonyl (C=O) groups excluding carboxylic acids is 2. The summed E-state index contributed by atoms with van der Waals surface area (Å²) in [5.41, 5.74) is 2.27. The maximum Gasteiger partial charge on any atom is 0.283 e. The molecule has 2 aromatic rings. The smallest absolute Gasteiger partial charge is 0.283 e. The number of benzene rings is 2. The van der Waals surface area contributed by atoms with E-state index in [1.54, 1.807) is 42.5 Å². The third kappa shape index (κ3) is 3.09. The van der Waals surface area contributed by atoms with Gasteiger partial charge in [0.15, 0.2) is 5.11 Å². The minimum Gasteiger partial charge on any atom is -0.327 e. The lowest BCUT2D eigenvalue weighted by atomic mass is 10.1. The number of rotatable bonds is 2. The zero-order valence-electron chi connectivity index (χ0n) is 12.7. The predicted octanol–water partition coefficient (Wildman–Crippen LogP) is 3.55. The number of amides is 2. The van der Waals surface area contributed by atoms with Gasteiger partial charge in [0.2, 0.25) is 0 Å². The maximum atomic E-state index is 12.7. The number of hydrogen-bond donors (Lipinski definition) is 1. The van der Waals surface area contributed by atoms with Crippen LogP contribution >= 0.6 is 23.8 Å².